The summed E-state index contributed by atoms with van der Waals surface area (Å²) in [4.78, 5) is 2.38. The van der Waals surface area contributed by atoms with Crippen molar-refractivity contribution in [2.75, 3.05) is 18.0 Å². The second-order valence-corrected chi connectivity index (χ2v) is 7.54. The standard InChI is InChI=1S/C14H21N3O2S/c15-12-6-5-10-8-17(9-11(10)7-12)13-3-1-2-4-14(13)20(16,18)19/h1-4,10-12H,5-9,15H2,(H2,16,18,19)/t10-,11+,12?/m1/s1. The van der Waals surface area contributed by atoms with E-state index in [4.69, 9.17) is 10.9 Å². The third kappa shape index (κ3) is 2.55. The topological polar surface area (TPSA) is 89.4 Å². The molecule has 2 aliphatic rings. The van der Waals surface area contributed by atoms with Gasteiger partial charge in [-0.2, -0.15) is 0 Å². The maximum atomic E-state index is 11.7. The molecule has 2 fully saturated rings. The first-order chi connectivity index (χ1) is 9.45. The number of anilines is 1. The summed E-state index contributed by atoms with van der Waals surface area (Å²) in [6.45, 7) is 1.79. The summed E-state index contributed by atoms with van der Waals surface area (Å²) in [5.41, 5.74) is 6.77. The van der Waals surface area contributed by atoms with Gasteiger partial charge in [0.05, 0.1) is 5.69 Å². The molecule has 1 aromatic carbocycles. The van der Waals surface area contributed by atoms with Gasteiger partial charge in [-0.1, -0.05) is 12.1 Å². The van der Waals surface area contributed by atoms with E-state index in [2.05, 4.69) is 4.90 Å². The van der Waals surface area contributed by atoms with E-state index in [1.54, 1.807) is 12.1 Å². The Hall–Kier alpha value is -1.11. The average molecular weight is 295 g/mol. The maximum absolute atomic E-state index is 11.7. The summed E-state index contributed by atoms with van der Waals surface area (Å²) < 4.78 is 23.4. The lowest BCUT2D eigenvalue weighted by molar-refractivity contribution is 0.271. The molecular formula is C14H21N3O2S. The number of rotatable bonds is 2. The molecule has 1 saturated carbocycles. The van der Waals surface area contributed by atoms with Gasteiger partial charge in [0.25, 0.3) is 0 Å². The zero-order chi connectivity index (χ0) is 14.3. The van der Waals surface area contributed by atoms with Gasteiger partial charge in [-0.05, 0) is 43.2 Å². The SMILES string of the molecule is NC1CC[C@@H]2CN(c3ccccc3S(N)(=O)=O)C[C@@H]2C1. The van der Waals surface area contributed by atoms with Crippen molar-refractivity contribution >= 4 is 15.7 Å². The smallest absolute Gasteiger partial charge is 0.240 e. The van der Waals surface area contributed by atoms with E-state index in [1.807, 2.05) is 12.1 Å². The van der Waals surface area contributed by atoms with Gasteiger partial charge in [0.1, 0.15) is 4.90 Å². The van der Waals surface area contributed by atoms with Crippen molar-refractivity contribution in [3.05, 3.63) is 24.3 Å². The zero-order valence-electron chi connectivity index (χ0n) is 11.4. The van der Waals surface area contributed by atoms with E-state index in [-0.39, 0.29) is 4.90 Å². The highest BCUT2D eigenvalue weighted by Crippen LogP contribution is 2.39. The van der Waals surface area contributed by atoms with Crippen molar-refractivity contribution in [1.82, 2.24) is 0 Å². The quantitative estimate of drug-likeness (QED) is 0.848. The summed E-state index contributed by atoms with van der Waals surface area (Å²) >= 11 is 0. The number of benzene rings is 1. The molecule has 1 heterocycles. The Morgan fingerprint density at radius 3 is 2.55 bits per heavy atom. The summed E-state index contributed by atoms with van der Waals surface area (Å²) in [6.07, 6.45) is 3.25. The van der Waals surface area contributed by atoms with Crippen LogP contribution in [0.25, 0.3) is 0 Å². The second kappa shape index (κ2) is 5.02. The lowest BCUT2D eigenvalue weighted by atomic mass is 9.79. The minimum atomic E-state index is -3.68. The molecule has 1 saturated heterocycles. The van der Waals surface area contributed by atoms with Gasteiger partial charge < -0.3 is 10.6 Å². The number of sulfonamides is 1. The molecule has 4 N–H and O–H groups in total. The summed E-state index contributed by atoms with van der Waals surface area (Å²) in [5, 5.41) is 5.32. The average Bonchev–Trinajstić information content (AvgIpc) is 2.80. The number of hydrogen-bond donors (Lipinski definition) is 2. The van der Waals surface area contributed by atoms with Crippen molar-refractivity contribution in [3.63, 3.8) is 0 Å². The van der Waals surface area contributed by atoms with Gasteiger partial charge in [0.15, 0.2) is 0 Å². The summed E-state index contributed by atoms with van der Waals surface area (Å²) in [6, 6.07) is 7.29. The molecule has 3 atom stereocenters. The number of para-hydroxylation sites is 1. The van der Waals surface area contributed by atoms with Crippen LogP contribution >= 0.6 is 0 Å². The molecule has 0 radical (unpaired) electrons. The van der Waals surface area contributed by atoms with E-state index < -0.39 is 10.0 Å². The van der Waals surface area contributed by atoms with Crippen LogP contribution in [0.4, 0.5) is 5.69 Å². The molecule has 0 bridgehead atoms. The Bertz CT molecular complexity index is 602. The fourth-order valence-corrected chi connectivity index (χ4v) is 4.38. The number of nitrogens with zero attached hydrogens (tertiary/aromatic N) is 1. The highest BCUT2D eigenvalue weighted by Gasteiger charge is 2.37. The molecule has 0 spiro atoms. The first-order valence-electron chi connectivity index (χ1n) is 7.07. The first kappa shape index (κ1) is 13.9. The van der Waals surface area contributed by atoms with Gasteiger partial charge in [-0.15, -0.1) is 0 Å². The molecule has 1 aliphatic heterocycles. The predicted octanol–water partition coefficient (Wildman–Crippen LogP) is 0.898. The largest absolute Gasteiger partial charge is 0.370 e. The molecule has 1 aliphatic carbocycles. The molecule has 20 heavy (non-hydrogen) atoms. The minimum absolute atomic E-state index is 0.225. The van der Waals surface area contributed by atoms with E-state index >= 15 is 0 Å². The van der Waals surface area contributed by atoms with Gasteiger partial charge in [0, 0.05) is 19.1 Å². The van der Waals surface area contributed by atoms with E-state index in [0.29, 0.717) is 17.9 Å². The van der Waals surface area contributed by atoms with Crippen LogP contribution in [0.3, 0.4) is 0 Å². The fourth-order valence-electron chi connectivity index (χ4n) is 3.62. The van der Waals surface area contributed by atoms with Crippen LogP contribution < -0.4 is 15.8 Å². The lowest BCUT2D eigenvalue weighted by Crippen LogP contribution is -2.32. The molecule has 0 aromatic heterocycles. The first-order valence-corrected chi connectivity index (χ1v) is 8.62. The van der Waals surface area contributed by atoms with Crippen molar-refractivity contribution in [3.8, 4) is 0 Å². The van der Waals surface area contributed by atoms with E-state index in [1.165, 1.54) is 0 Å². The van der Waals surface area contributed by atoms with Crippen molar-refractivity contribution in [2.45, 2.75) is 30.2 Å². The number of hydrogen-bond acceptors (Lipinski definition) is 4. The third-order valence-corrected chi connectivity index (χ3v) is 5.56. The Balaban J connectivity index is 1.88. The highest BCUT2D eigenvalue weighted by molar-refractivity contribution is 7.89. The molecule has 1 unspecified atom stereocenters. The monoisotopic (exact) mass is 295 g/mol. The van der Waals surface area contributed by atoms with Crippen LogP contribution in [0.5, 0.6) is 0 Å². The van der Waals surface area contributed by atoms with Gasteiger partial charge in [-0.25, -0.2) is 13.6 Å². The maximum Gasteiger partial charge on any atom is 0.240 e. The summed E-state index contributed by atoms with van der Waals surface area (Å²) in [5.74, 6) is 1.20. The number of primary sulfonamides is 1. The Morgan fingerprint density at radius 1 is 1.10 bits per heavy atom. The normalized spacial score (nSPS) is 30.3. The Labute approximate surface area is 120 Å². The number of fused-ring (bicyclic) bond motifs is 1. The Kier molecular flexibility index (Phi) is 3.48. The van der Waals surface area contributed by atoms with Crippen molar-refractivity contribution in [2.24, 2.45) is 22.7 Å². The molecule has 0 amide bonds. The van der Waals surface area contributed by atoms with E-state index in [9.17, 15) is 8.42 Å². The predicted molar refractivity (Wildman–Crippen MR) is 78.8 cm³/mol. The Morgan fingerprint density at radius 2 is 1.80 bits per heavy atom. The van der Waals surface area contributed by atoms with Gasteiger partial charge >= 0.3 is 0 Å². The molecule has 110 valence electrons. The minimum Gasteiger partial charge on any atom is -0.370 e. The van der Waals surface area contributed by atoms with Gasteiger partial charge in [-0.3, -0.25) is 0 Å². The van der Waals surface area contributed by atoms with Gasteiger partial charge in [0.2, 0.25) is 10.0 Å². The van der Waals surface area contributed by atoms with Crippen LogP contribution in [0, 0.1) is 11.8 Å². The molecule has 1 aromatic rings. The molecule has 5 nitrogen and oxygen atoms in total. The van der Waals surface area contributed by atoms with Crippen molar-refractivity contribution < 1.29 is 8.42 Å². The second-order valence-electron chi connectivity index (χ2n) is 6.01. The van der Waals surface area contributed by atoms with Crippen LogP contribution in [0.1, 0.15) is 19.3 Å². The zero-order valence-corrected chi connectivity index (χ0v) is 12.2. The van der Waals surface area contributed by atoms with Crippen LogP contribution in [0.15, 0.2) is 29.2 Å². The van der Waals surface area contributed by atoms with Crippen LogP contribution in [0.2, 0.25) is 0 Å². The lowest BCUT2D eigenvalue weighted by Gasteiger charge is -2.27. The molecule has 6 heteroatoms. The highest BCUT2D eigenvalue weighted by atomic mass is 32.2. The molecular weight excluding hydrogens is 274 g/mol. The van der Waals surface area contributed by atoms with Crippen LogP contribution in [-0.4, -0.2) is 27.5 Å². The third-order valence-electron chi connectivity index (χ3n) is 4.60. The molecule has 3 rings (SSSR count). The van der Waals surface area contributed by atoms with Crippen LogP contribution in [-0.2, 0) is 10.0 Å². The number of nitrogens with two attached hydrogens (primary N) is 2. The summed E-state index contributed by atoms with van der Waals surface area (Å²) in [7, 11) is -3.68. The van der Waals surface area contributed by atoms with E-state index in [0.717, 1.165) is 38.0 Å². The van der Waals surface area contributed by atoms with Crippen molar-refractivity contribution in [1.29, 1.82) is 0 Å². The fraction of sp³-hybridized carbons (Fsp3) is 0.571.